The summed E-state index contributed by atoms with van der Waals surface area (Å²) in [4.78, 5) is 9.12. The summed E-state index contributed by atoms with van der Waals surface area (Å²) in [6.45, 7) is 2.26. The summed E-state index contributed by atoms with van der Waals surface area (Å²) in [6, 6.07) is 0. The van der Waals surface area contributed by atoms with E-state index in [2.05, 4.69) is 6.92 Å². The van der Waals surface area contributed by atoms with Crippen molar-refractivity contribution in [3.05, 3.63) is 0 Å². The summed E-state index contributed by atoms with van der Waals surface area (Å²) >= 11 is 0. The van der Waals surface area contributed by atoms with Crippen LogP contribution in [0.5, 0.6) is 0 Å². The summed E-state index contributed by atoms with van der Waals surface area (Å²) in [5.41, 5.74) is 0. The molecule has 1 heterocycles. The number of carboxylic acid groups (broad SMARTS) is 1. The molecule has 54 valence electrons. The molecule has 1 aliphatic heterocycles. The number of ether oxygens (including phenoxy) is 1. The molecule has 1 unspecified atom stereocenters. The lowest BCUT2D eigenvalue weighted by Crippen LogP contribution is -1.98. The van der Waals surface area contributed by atoms with Gasteiger partial charge in [0.2, 0.25) is 0 Å². The second kappa shape index (κ2) is 4.29. The topological polar surface area (TPSA) is 70.1 Å². The van der Waals surface area contributed by atoms with Crippen molar-refractivity contribution in [3.8, 4) is 0 Å². The van der Waals surface area contributed by atoms with Crippen molar-refractivity contribution in [2.45, 2.75) is 13.0 Å². The van der Waals surface area contributed by atoms with Gasteiger partial charge >= 0.3 is 5.97 Å². The maximum atomic E-state index is 9.12. The molecule has 4 heteroatoms. The minimum Gasteiger partial charge on any atom is -0.480 e. The van der Waals surface area contributed by atoms with E-state index >= 15 is 0 Å². The average Bonchev–Trinajstić information content (AvgIpc) is 2.53. The molecule has 0 aromatic carbocycles. The number of hydrogen-bond acceptors (Lipinski definition) is 3. The Labute approximate surface area is 53.1 Å². The largest absolute Gasteiger partial charge is 0.480 e. The zero-order valence-corrected chi connectivity index (χ0v) is 5.20. The highest BCUT2D eigenvalue weighted by molar-refractivity contribution is 5.67. The van der Waals surface area contributed by atoms with E-state index in [0.717, 1.165) is 6.61 Å². The lowest BCUT2D eigenvalue weighted by atomic mass is 10.6. The molecule has 4 nitrogen and oxygen atoms in total. The third-order valence-electron chi connectivity index (χ3n) is 0.635. The fourth-order valence-corrected chi connectivity index (χ4v) is 0.0962. The SMILES string of the molecule is CC1CO1.O=C(O)CO. The smallest absolute Gasteiger partial charge is 0.329 e. The van der Waals surface area contributed by atoms with Gasteiger partial charge in [0.05, 0.1) is 12.7 Å². The predicted octanol–water partition coefficient (Wildman–Crippen LogP) is -0.532. The maximum absolute atomic E-state index is 9.12. The molecule has 1 atom stereocenters. The molecular formula is C5H10O4. The van der Waals surface area contributed by atoms with Crippen molar-refractivity contribution in [1.82, 2.24) is 0 Å². The third kappa shape index (κ3) is 11.1. The highest BCUT2D eigenvalue weighted by Crippen LogP contribution is 2.04. The van der Waals surface area contributed by atoms with Crippen molar-refractivity contribution >= 4 is 5.97 Å². The number of aliphatic hydroxyl groups excluding tert-OH is 1. The molecule has 1 saturated heterocycles. The van der Waals surface area contributed by atoms with Crippen molar-refractivity contribution in [1.29, 1.82) is 0 Å². The second-order valence-corrected chi connectivity index (χ2v) is 1.70. The average molecular weight is 134 g/mol. The van der Waals surface area contributed by atoms with Crippen LogP contribution in [-0.4, -0.2) is 35.5 Å². The zero-order valence-electron chi connectivity index (χ0n) is 5.20. The standard InChI is InChI=1S/C3H6O.C2H4O3/c1-3-2-4-3;3-1-2(4)5/h3H,2H2,1H3;3H,1H2,(H,4,5). The number of hydrogen-bond donors (Lipinski definition) is 2. The number of rotatable bonds is 1. The van der Waals surface area contributed by atoms with Crippen LogP contribution in [0.1, 0.15) is 6.92 Å². The van der Waals surface area contributed by atoms with E-state index in [-0.39, 0.29) is 0 Å². The van der Waals surface area contributed by atoms with E-state index in [9.17, 15) is 0 Å². The van der Waals surface area contributed by atoms with E-state index < -0.39 is 12.6 Å². The Morgan fingerprint density at radius 3 is 2.11 bits per heavy atom. The van der Waals surface area contributed by atoms with Gasteiger partial charge in [-0.15, -0.1) is 0 Å². The Hall–Kier alpha value is -0.610. The Kier molecular flexibility index (Phi) is 4.00. The molecule has 0 radical (unpaired) electrons. The van der Waals surface area contributed by atoms with Crippen molar-refractivity contribution in [3.63, 3.8) is 0 Å². The van der Waals surface area contributed by atoms with Crippen molar-refractivity contribution in [2.24, 2.45) is 0 Å². The summed E-state index contributed by atoms with van der Waals surface area (Å²) in [7, 11) is 0. The lowest BCUT2D eigenvalue weighted by Gasteiger charge is -1.72. The summed E-state index contributed by atoms with van der Waals surface area (Å²) in [5.74, 6) is -1.19. The third-order valence-corrected chi connectivity index (χ3v) is 0.635. The molecule has 0 aromatic heterocycles. The van der Waals surface area contributed by atoms with Crippen LogP contribution in [0.4, 0.5) is 0 Å². The molecule has 0 bridgehead atoms. The Balaban J connectivity index is 0.000000144. The zero-order chi connectivity index (χ0) is 7.28. The molecule has 1 rings (SSSR count). The number of carbonyl (C=O) groups is 1. The van der Waals surface area contributed by atoms with Gasteiger partial charge in [-0.05, 0) is 6.92 Å². The highest BCUT2D eigenvalue weighted by atomic mass is 16.6. The van der Waals surface area contributed by atoms with Gasteiger partial charge in [-0.25, -0.2) is 4.79 Å². The Morgan fingerprint density at radius 2 is 2.11 bits per heavy atom. The molecule has 0 aromatic rings. The van der Waals surface area contributed by atoms with Gasteiger partial charge in [-0.2, -0.15) is 0 Å². The molecule has 1 fully saturated rings. The molecule has 2 N–H and O–H groups in total. The van der Waals surface area contributed by atoms with Gasteiger partial charge in [0.1, 0.15) is 6.61 Å². The number of epoxide rings is 1. The minimum atomic E-state index is -1.19. The summed E-state index contributed by atoms with van der Waals surface area (Å²) < 4.78 is 4.71. The van der Waals surface area contributed by atoms with Crippen LogP contribution < -0.4 is 0 Å². The molecule has 0 aliphatic carbocycles. The number of carboxylic acids is 1. The Bertz CT molecular complexity index is 87.0. The molecule has 1 aliphatic rings. The molecular weight excluding hydrogens is 124 g/mol. The van der Waals surface area contributed by atoms with E-state index in [1.54, 1.807) is 0 Å². The summed E-state index contributed by atoms with van der Waals surface area (Å²) in [5, 5.41) is 15.0. The van der Waals surface area contributed by atoms with Gasteiger partial charge in [0.15, 0.2) is 0 Å². The normalized spacial score (nSPS) is 21.8. The van der Waals surface area contributed by atoms with Crippen LogP contribution in [0.15, 0.2) is 0 Å². The van der Waals surface area contributed by atoms with Crippen LogP contribution in [0.3, 0.4) is 0 Å². The van der Waals surface area contributed by atoms with E-state index in [1.165, 1.54) is 0 Å². The van der Waals surface area contributed by atoms with Gasteiger partial charge in [-0.3, -0.25) is 0 Å². The number of aliphatic hydroxyl groups is 1. The van der Waals surface area contributed by atoms with Gasteiger partial charge in [-0.1, -0.05) is 0 Å². The van der Waals surface area contributed by atoms with Crippen LogP contribution in [-0.2, 0) is 9.53 Å². The van der Waals surface area contributed by atoms with E-state index in [1.807, 2.05) is 0 Å². The van der Waals surface area contributed by atoms with Crippen LogP contribution in [0.2, 0.25) is 0 Å². The van der Waals surface area contributed by atoms with Crippen LogP contribution >= 0.6 is 0 Å². The van der Waals surface area contributed by atoms with Crippen molar-refractivity contribution in [2.75, 3.05) is 13.2 Å². The van der Waals surface area contributed by atoms with Gasteiger partial charge in [0.25, 0.3) is 0 Å². The monoisotopic (exact) mass is 134 g/mol. The van der Waals surface area contributed by atoms with Gasteiger partial charge in [0, 0.05) is 0 Å². The van der Waals surface area contributed by atoms with Crippen molar-refractivity contribution < 1.29 is 19.7 Å². The molecule has 9 heavy (non-hydrogen) atoms. The molecule has 0 spiro atoms. The Morgan fingerprint density at radius 1 is 1.89 bits per heavy atom. The second-order valence-electron chi connectivity index (χ2n) is 1.70. The fraction of sp³-hybridized carbons (Fsp3) is 0.800. The van der Waals surface area contributed by atoms with Gasteiger partial charge < -0.3 is 14.9 Å². The minimum absolute atomic E-state index is 0.583. The quantitative estimate of drug-likeness (QED) is 0.473. The van der Waals surface area contributed by atoms with E-state index in [0.29, 0.717) is 6.10 Å². The molecule has 0 saturated carbocycles. The fourth-order valence-electron chi connectivity index (χ4n) is 0.0962. The van der Waals surface area contributed by atoms with E-state index in [4.69, 9.17) is 19.7 Å². The summed E-state index contributed by atoms with van der Waals surface area (Å²) in [6.07, 6.45) is 0.583. The predicted molar refractivity (Wildman–Crippen MR) is 30.1 cm³/mol. The first-order chi connectivity index (χ1) is 4.16. The first kappa shape index (κ1) is 8.39. The van der Waals surface area contributed by atoms with Crippen LogP contribution in [0.25, 0.3) is 0 Å². The van der Waals surface area contributed by atoms with Crippen LogP contribution in [0, 0.1) is 0 Å². The number of aliphatic carboxylic acids is 1. The first-order valence-electron chi connectivity index (χ1n) is 2.61. The lowest BCUT2D eigenvalue weighted by molar-refractivity contribution is -0.140. The maximum Gasteiger partial charge on any atom is 0.329 e. The molecule has 0 amide bonds. The first-order valence-corrected chi connectivity index (χ1v) is 2.61. The highest BCUT2D eigenvalue weighted by Gasteiger charge is 2.13.